The molecule has 5 aliphatic rings. The first-order valence-electron chi connectivity index (χ1n) is 12.8. The van der Waals surface area contributed by atoms with Crippen molar-refractivity contribution in [1.29, 1.82) is 5.26 Å². The van der Waals surface area contributed by atoms with E-state index >= 15 is 0 Å². The molecule has 2 unspecified atom stereocenters. The van der Waals surface area contributed by atoms with Crippen LogP contribution in [0.25, 0.3) is 0 Å². The minimum atomic E-state index is 0.223. The van der Waals surface area contributed by atoms with Gasteiger partial charge in [0.25, 0.3) is 0 Å². The van der Waals surface area contributed by atoms with E-state index in [9.17, 15) is 10.1 Å². The van der Waals surface area contributed by atoms with E-state index in [1.165, 1.54) is 25.7 Å². The van der Waals surface area contributed by atoms with E-state index in [0.29, 0.717) is 40.3 Å². The van der Waals surface area contributed by atoms with Gasteiger partial charge in [-0.25, -0.2) is 0 Å². The van der Waals surface area contributed by atoms with Crippen LogP contribution >= 0.6 is 11.6 Å². The number of carbonyl (C=O) groups is 1. The molecule has 2 aliphatic carbocycles. The number of carbonyl (C=O) groups excluding carboxylic acids is 1. The lowest BCUT2D eigenvalue weighted by atomic mass is 9.94. The molecule has 1 amide bonds. The molecule has 34 heavy (non-hydrogen) atoms. The molecule has 3 heterocycles. The molecule has 2 saturated carbocycles. The lowest BCUT2D eigenvalue weighted by Gasteiger charge is -2.33. The van der Waals surface area contributed by atoms with Crippen LogP contribution in [0, 0.1) is 35.0 Å². The Labute approximate surface area is 206 Å². The van der Waals surface area contributed by atoms with Crippen molar-refractivity contribution in [3.8, 4) is 6.07 Å². The Morgan fingerprint density at radius 1 is 1.12 bits per heavy atom. The van der Waals surface area contributed by atoms with E-state index in [2.05, 4.69) is 32.8 Å². The van der Waals surface area contributed by atoms with Gasteiger partial charge in [-0.15, -0.1) is 0 Å². The quantitative estimate of drug-likeness (QED) is 0.664. The van der Waals surface area contributed by atoms with Gasteiger partial charge in [-0.2, -0.15) is 10.4 Å². The largest absolute Gasteiger partial charge is 0.358 e. The van der Waals surface area contributed by atoms with Crippen LogP contribution in [0.5, 0.6) is 0 Å². The monoisotopic (exact) mass is 480 g/mol. The Morgan fingerprint density at radius 2 is 1.82 bits per heavy atom. The minimum absolute atomic E-state index is 0.223. The summed E-state index contributed by atoms with van der Waals surface area (Å²) in [4.78, 5) is 19.9. The summed E-state index contributed by atoms with van der Waals surface area (Å²) in [6.07, 6.45) is 6.05. The van der Waals surface area contributed by atoms with Crippen molar-refractivity contribution in [2.45, 2.75) is 38.1 Å². The molecule has 4 fully saturated rings. The number of hydrazone groups is 1. The summed E-state index contributed by atoms with van der Waals surface area (Å²) in [5.74, 6) is 3.38. The number of likely N-dealkylation sites (N-methyl/N-ethyl adjacent to an activating group) is 1. The second kappa shape index (κ2) is 8.73. The van der Waals surface area contributed by atoms with Crippen LogP contribution in [0.4, 0.5) is 5.69 Å². The van der Waals surface area contributed by atoms with Gasteiger partial charge in [-0.3, -0.25) is 9.80 Å². The number of nitrogens with zero attached hydrogens (tertiary/aromatic N) is 6. The smallest absolute Gasteiger partial charge is 0.226 e. The normalized spacial score (nSPS) is 31.6. The van der Waals surface area contributed by atoms with Crippen molar-refractivity contribution in [3.63, 3.8) is 0 Å². The molecule has 0 aromatic heterocycles. The number of piperidine rings is 1. The molecule has 4 atom stereocenters. The van der Waals surface area contributed by atoms with E-state index in [0.717, 1.165) is 57.2 Å². The van der Waals surface area contributed by atoms with Gasteiger partial charge in [-0.05, 0) is 55.8 Å². The zero-order valence-electron chi connectivity index (χ0n) is 19.9. The molecule has 1 aromatic carbocycles. The maximum absolute atomic E-state index is 13.1. The maximum atomic E-state index is 13.1. The van der Waals surface area contributed by atoms with Crippen molar-refractivity contribution in [1.82, 2.24) is 14.7 Å². The second-order valence-electron chi connectivity index (χ2n) is 10.8. The first-order valence-corrected chi connectivity index (χ1v) is 13.2. The number of rotatable bonds is 3. The fourth-order valence-electron chi connectivity index (χ4n) is 6.74. The van der Waals surface area contributed by atoms with Crippen LogP contribution in [0.2, 0.25) is 5.02 Å². The zero-order valence-corrected chi connectivity index (χ0v) is 20.6. The van der Waals surface area contributed by atoms with Crippen LogP contribution in [0.3, 0.4) is 0 Å². The number of halogens is 1. The highest BCUT2D eigenvalue weighted by Crippen LogP contribution is 2.53. The first-order chi connectivity index (χ1) is 16.5. The van der Waals surface area contributed by atoms with E-state index in [1.54, 1.807) is 6.07 Å². The third kappa shape index (κ3) is 3.85. The van der Waals surface area contributed by atoms with Crippen LogP contribution in [0.1, 0.15) is 37.7 Å². The zero-order chi connectivity index (χ0) is 23.4. The number of likely N-dealkylation sites (tertiary alicyclic amines) is 1. The van der Waals surface area contributed by atoms with Crippen LogP contribution < -0.4 is 5.01 Å². The average molecular weight is 481 g/mol. The molecule has 3 aliphatic heterocycles. The lowest BCUT2D eigenvalue weighted by Crippen LogP contribution is -2.48. The highest BCUT2D eigenvalue weighted by atomic mass is 35.5. The SMILES string of the molecule is CN1CCN(C(=O)C2[C@H]3CN(C4=NN(c5ccc(C#N)c(Cl)c5)C(C5CCCC5)C4)C[C@@H]23)CC1. The topological polar surface area (TPSA) is 66.2 Å². The fraction of sp³-hybridized carbons (Fsp3) is 0.654. The number of piperazine rings is 1. The summed E-state index contributed by atoms with van der Waals surface area (Å²) in [6, 6.07) is 8.17. The third-order valence-electron chi connectivity index (χ3n) is 8.87. The minimum Gasteiger partial charge on any atom is -0.358 e. The summed E-state index contributed by atoms with van der Waals surface area (Å²) >= 11 is 6.37. The summed E-state index contributed by atoms with van der Waals surface area (Å²) in [7, 11) is 2.13. The number of hydrogen-bond acceptors (Lipinski definition) is 6. The summed E-state index contributed by atoms with van der Waals surface area (Å²) in [5, 5.41) is 17.0. The molecule has 0 spiro atoms. The predicted molar refractivity (Wildman–Crippen MR) is 133 cm³/mol. The summed E-state index contributed by atoms with van der Waals surface area (Å²) in [6.45, 7) is 5.60. The maximum Gasteiger partial charge on any atom is 0.226 e. The number of fused-ring (bicyclic) bond motifs is 1. The molecule has 1 aromatic rings. The lowest BCUT2D eigenvalue weighted by molar-refractivity contribution is -0.135. The highest BCUT2D eigenvalue weighted by Gasteiger charge is 2.61. The molecule has 180 valence electrons. The molecular weight excluding hydrogens is 448 g/mol. The van der Waals surface area contributed by atoms with Crippen LogP contribution in [-0.4, -0.2) is 78.8 Å². The van der Waals surface area contributed by atoms with E-state index in [-0.39, 0.29) is 5.92 Å². The second-order valence-corrected chi connectivity index (χ2v) is 11.2. The van der Waals surface area contributed by atoms with E-state index < -0.39 is 0 Å². The van der Waals surface area contributed by atoms with E-state index in [1.807, 2.05) is 12.1 Å². The Morgan fingerprint density at radius 3 is 2.47 bits per heavy atom. The summed E-state index contributed by atoms with van der Waals surface area (Å²) < 4.78 is 0. The molecular formula is C26H33ClN6O. The molecule has 2 saturated heterocycles. The first kappa shape index (κ1) is 22.2. The molecule has 0 bridgehead atoms. The van der Waals surface area contributed by atoms with Gasteiger partial charge < -0.3 is 14.7 Å². The average Bonchev–Trinajstić information content (AvgIpc) is 3.34. The van der Waals surface area contributed by atoms with Crippen molar-refractivity contribution in [2.24, 2.45) is 28.8 Å². The Balaban J connectivity index is 1.15. The molecule has 0 radical (unpaired) electrons. The number of amidine groups is 1. The number of benzene rings is 1. The highest BCUT2D eigenvalue weighted by molar-refractivity contribution is 6.32. The predicted octanol–water partition coefficient (Wildman–Crippen LogP) is 3.25. The van der Waals surface area contributed by atoms with Crippen LogP contribution in [-0.2, 0) is 4.79 Å². The van der Waals surface area contributed by atoms with Gasteiger partial charge in [0.05, 0.1) is 22.3 Å². The van der Waals surface area contributed by atoms with Gasteiger partial charge in [0, 0.05) is 51.6 Å². The van der Waals surface area contributed by atoms with Crippen molar-refractivity contribution >= 4 is 29.0 Å². The van der Waals surface area contributed by atoms with Gasteiger partial charge in [0.2, 0.25) is 5.91 Å². The van der Waals surface area contributed by atoms with Crippen molar-refractivity contribution < 1.29 is 4.79 Å². The van der Waals surface area contributed by atoms with Crippen LogP contribution in [0.15, 0.2) is 23.3 Å². The van der Waals surface area contributed by atoms with Gasteiger partial charge >= 0.3 is 0 Å². The fourth-order valence-corrected chi connectivity index (χ4v) is 6.96. The van der Waals surface area contributed by atoms with Crippen molar-refractivity contribution in [3.05, 3.63) is 28.8 Å². The standard InChI is InChI=1S/C26H33ClN6O/c1-30-8-10-31(11-9-30)26(34)25-20-15-32(16-21(20)25)24-13-23(17-4-2-3-5-17)33(29-24)19-7-6-18(14-28)22(27)12-19/h6-7,12,17,20-21,23,25H,2-5,8-11,13,15-16H2,1H3/t20-,21+,23?,25?. The third-order valence-corrected chi connectivity index (χ3v) is 9.18. The van der Waals surface area contributed by atoms with Gasteiger partial charge in [-0.1, -0.05) is 24.4 Å². The molecule has 6 rings (SSSR count). The van der Waals surface area contributed by atoms with Crippen molar-refractivity contribution in [2.75, 3.05) is 51.3 Å². The summed E-state index contributed by atoms with van der Waals surface area (Å²) in [5.41, 5.74) is 1.48. The van der Waals surface area contributed by atoms with E-state index in [4.69, 9.17) is 16.7 Å². The Bertz CT molecular complexity index is 1030. The number of hydrogen-bond donors (Lipinski definition) is 0. The van der Waals surface area contributed by atoms with Gasteiger partial charge in [0.15, 0.2) is 0 Å². The van der Waals surface area contributed by atoms with Gasteiger partial charge in [0.1, 0.15) is 11.9 Å². The Hall–Kier alpha value is -2.30. The number of amides is 1. The number of anilines is 1. The molecule has 0 N–H and O–H groups in total. The molecule has 7 nitrogen and oxygen atoms in total. The number of nitriles is 1. The Kier molecular flexibility index (Phi) is 5.69. The molecule has 8 heteroatoms.